The van der Waals surface area contributed by atoms with Crippen molar-refractivity contribution in [3.63, 3.8) is 0 Å². The Morgan fingerprint density at radius 1 is 1.18 bits per heavy atom. The highest BCUT2D eigenvalue weighted by Crippen LogP contribution is 2.25. The standard InChI is InChI=1S/C20H23BrN2O4S/c1-2-27-18-10-5-6-11-19(18)28(25,26)22-17(20(24)23-12-7-13-23)14-15-8-3-4-9-16(15)21/h3-6,8-11,17,22H,2,7,12-14H2,1H3/t17-/m0/s1. The molecule has 1 aliphatic rings. The smallest absolute Gasteiger partial charge is 0.244 e. The Kier molecular flexibility index (Phi) is 6.74. The zero-order valence-electron chi connectivity index (χ0n) is 15.6. The molecular weight excluding hydrogens is 444 g/mol. The van der Waals surface area contributed by atoms with Gasteiger partial charge in [-0.05, 0) is 43.5 Å². The van der Waals surface area contributed by atoms with Crippen LogP contribution in [-0.4, -0.2) is 45.0 Å². The maximum absolute atomic E-state index is 13.1. The first-order valence-electron chi connectivity index (χ1n) is 9.18. The van der Waals surface area contributed by atoms with Crippen LogP contribution in [0.3, 0.4) is 0 Å². The molecule has 1 N–H and O–H groups in total. The van der Waals surface area contributed by atoms with Gasteiger partial charge >= 0.3 is 0 Å². The third-order valence-corrected chi connectivity index (χ3v) is 6.87. The molecule has 0 spiro atoms. The lowest BCUT2D eigenvalue weighted by Crippen LogP contribution is -2.53. The zero-order valence-corrected chi connectivity index (χ0v) is 18.0. The molecule has 0 radical (unpaired) electrons. The van der Waals surface area contributed by atoms with Crippen LogP contribution >= 0.6 is 15.9 Å². The first-order valence-corrected chi connectivity index (χ1v) is 11.5. The predicted octanol–water partition coefficient (Wildman–Crippen LogP) is 2.97. The van der Waals surface area contributed by atoms with Gasteiger partial charge in [-0.1, -0.05) is 46.3 Å². The molecule has 0 saturated carbocycles. The SMILES string of the molecule is CCOc1ccccc1S(=O)(=O)N[C@@H](Cc1ccccc1Br)C(=O)N1CCC1. The summed E-state index contributed by atoms with van der Waals surface area (Å²) < 4.78 is 35.1. The van der Waals surface area contributed by atoms with E-state index in [1.165, 1.54) is 6.07 Å². The van der Waals surface area contributed by atoms with Crippen LogP contribution in [0, 0.1) is 0 Å². The summed E-state index contributed by atoms with van der Waals surface area (Å²) in [7, 11) is -3.95. The van der Waals surface area contributed by atoms with Crippen molar-refractivity contribution in [2.75, 3.05) is 19.7 Å². The van der Waals surface area contributed by atoms with Crippen LogP contribution in [0.1, 0.15) is 18.9 Å². The van der Waals surface area contributed by atoms with Crippen molar-refractivity contribution in [3.05, 3.63) is 58.6 Å². The molecule has 2 aromatic rings. The third-order valence-electron chi connectivity index (χ3n) is 4.58. The molecule has 1 aliphatic heterocycles. The topological polar surface area (TPSA) is 75.7 Å². The molecule has 28 heavy (non-hydrogen) atoms. The zero-order chi connectivity index (χ0) is 20.1. The van der Waals surface area contributed by atoms with Crippen molar-refractivity contribution in [3.8, 4) is 5.75 Å². The molecule has 6 nitrogen and oxygen atoms in total. The van der Waals surface area contributed by atoms with E-state index in [-0.39, 0.29) is 23.0 Å². The molecule has 0 bridgehead atoms. The van der Waals surface area contributed by atoms with E-state index in [1.807, 2.05) is 24.3 Å². The number of halogens is 1. The predicted molar refractivity (Wildman–Crippen MR) is 111 cm³/mol. The molecule has 0 aromatic heterocycles. The molecule has 1 amide bonds. The van der Waals surface area contributed by atoms with E-state index in [0.29, 0.717) is 19.7 Å². The van der Waals surface area contributed by atoms with Gasteiger partial charge in [0.05, 0.1) is 6.61 Å². The first kappa shape index (κ1) is 20.8. The number of nitrogens with one attached hydrogen (secondary N) is 1. The van der Waals surface area contributed by atoms with Crippen LogP contribution in [0.2, 0.25) is 0 Å². The monoisotopic (exact) mass is 466 g/mol. The van der Waals surface area contributed by atoms with Crippen molar-refractivity contribution >= 4 is 31.9 Å². The van der Waals surface area contributed by atoms with E-state index >= 15 is 0 Å². The Morgan fingerprint density at radius 2 is 1.86 bits per heavy atom. The van der Waals surface area contributed by atoms with Crippen molar-refractivity contribution in [1.29, 1.82) is 0 Å². The highest BCUT2D eigenvalue weighted by molar-refractivity contribution is 9.10. The van der Waals surface area contributed by atoms with Crippen molar-refractivity contribution in [2.24, 2.45) is 0 Å². The summed E-state index contributed by atoms with van der Waals surface area (Å²) in [5.41, 5.74) is 0.863. The lowest BCUT2D eigenvalue weighted by atomic mass is 10.0. The summed E-state index contributed by atoms with van der Waals surface area (Å²) in [4.78, 5) is 14.6. The van der Waals surface area contributed by atoms with E-state index in [2.05, 4.69) is 20.7 Å². The molecule has 1 atom stereocenters. The quantitative estimate of drug-likeness (QED) is 0.648. The molecular formula is C20H23BrN2O4S. The Bertz CT molecular complexity index is 945. The Labute approximate surface area is 174 Å². The van der Waals surface area contributed by atoms with E-state index in [9.17, 15) is 13.2 Å². The lowest BCUT2D eigenvalue weighted by molar-refractivity contribution is -0.136. The molecule has 1 saturated heterocycles. The fourth-order valence-electron chi connectivity index (χ4n) is 3.02. The van der Waals surface area contributed by atoms with E-state index < -0.39 is 16.1 Å². The van der Waals surface area contributed by atoms with Gasteiger partial charge in [-0.25, -0.2) is 8.42 Å². The van der Waals surface area contributed by atoms with Gasteiger partial charge in [0.1, 0.15) is 16.7 Å². The molecule has 0 aliphatic carbocycles. The number of carbonyl (C=O) groups excluding carboxylic acids is 1. The summed E-state index contributed by atoms with van der Waals surface area (Å²) in [5, 5.41) is 0. The molecule has 0 unspecified atom stereocenters. The average molecular weight is 467 g/mol. The normalized spacial score (nSPS) is 15.0. The average Bonchev–Trinajstić information content (AvgIpc) is 2.62. The van der Waals surface area contributed by atoms with Crippen molar-refractivity contribution < 1.29 is 17.9 Å². The van der Waals surface area contributed by atoms with E-state index in [1.54, 1.807) is 30.0 Å². The fourth-order valence-corrected chi connectivity index (χ4v) is 4.80. The minimum absolute atomic E-state index is 0.0328. The molecule has 3 rings (SSSR count). The van der Waals surface area contributed by atoms with Gasteiger partial charge in [-0.2, -0.15) is 4.72 Å². The molecule has 1 heterocycles. The van der Waals surface area contributed by atoms with E-state index in [4.69, 9.17) is 4.74 Å². The highest BCUT2D eigenvalue weighted by atomic mass is 79.9. The minimum Gasteiger partial charge on any atom is -0.492 e. The van der Waals surface area contributed by atoms with Crippen LogP contribution in [0.4, 0.5) is 0 Å². The number of para-hydroxylation sites is 1. The number of likely N-dealkylation sites (tertiary alicyclic amines) is 1. The maximum atomic E-state index is 13.1. The number of nitrogens with zero attached hydrogens (tertiary/aromatic N) is 1. The number of sulfonamides is 1. The number of amides is 1. The Morgan fingerprint density at radius 3 is 2.50 bits per heavy atom. The Balaban J connectivity index is 1.90. The van der Waals surface area contributed by atoms with Crippen LogP contribution in [0.25, 0.3) is 0 Å². The number of carbonyl (C=O) groups is 1. The summed E-state index contributed by atoms with van der Waals surface area (Å²) in [5.74, 6) is 0.0630. The van der Waals surface area contributed by atoms with Gasteiger partial charge in [-0.15, -0.1) is 0 Å². The summed E-state index contributed by atoms with van der Waals surface area (Å²) in [6.07, 6.45) is 1.19. The van der Waals surface area contributed by atoms with Gasteiger partial charge in [-0.3, -0.25) is 4.79 Å². The van der Waals surface area contributed by atoms with Gasteiger partial charge in [0.25, 0.3) is 0 Å². The summed E-state index contributed by atoms with van der Waals surface area (Å²) in [6.45, 7) is 3.45. The number of rotatable bonds is 8. The van der Waals surface area contributed by atoms with Crippen LogP contribution < -0.4 is 9.46 Å². The second-order valence-electron chi connectivity index (χ2n) is 6.53. The first-order chi connectivity index (χ1) is 13.4. The number of benzene rings is 2. The molecule has 8 heteroatoms. The van der Waals surface area contributed by atoms with Crippen LogP contribution in [0.5, 0.6) is 5.75 Å². The van der Waals surface area contributed by atoms with Gasteiger partial charge in [0.2, 0.25) is 15.9 Å². The largest absolute Gasteiger partial charge is 0.492 e. The number of hydrogen-bond donors (Lipinski definition) is 1. The highest BCUT2D eigenvalue weighted by Gasteiger charge is 2.33. The second kappa shape index (κ2) is 9.07. The van der Waals surface area contributed by atoms with Gasteiger partial charge < -0.3 is 9.64 Å². The molecule has 150 valence electrons. The minimum atomic E-state index is -3.95. The number of hydrogen-bond acceptors (Lipinski definition) is 4. The van der Waals surface area contributed by atoms with Crippen LogP contribution in [0.15, 0.2) is 57.9 Å². The summed E-state index contributed by atoms with van der Waals surface area (Å²) in [6, 6.07) is 13.0. The maximum Gasteiger partial charge on any atom is 0.244 e. The lowest BCUT2D eigenvalue weighted by Gasteiger charge is -2.34. The van der Waals surface area contributed by atoms with Crippen molar-refractivity contribution in [2.45, 2.75) is 30.7 Å². The number of ether oxygens (including phenoxy) is 1. The molecule has 1 fully saturated rings. The second-order valence-corrected chi connectivity index (χ2v) is 9.06. The Hall–Kier alpha value is -1.90. The summed E-state index contributed by atoms with van der Waals surface area (Å²) >= 11 is 3.48. The third kappa shape index (κ3) is 4.74. The van der Waals surface area contributed by atoms with E-state index in [0.717, 1.165) is 16.5 Å². The van der Waals surface area contributed by atoms with Gasteiger partial charge in [0.15, 0.2) is 0 Å². The van der Waals surface area contributed by atoms with Gasteiger partial charge in [0, 0.05) is 17.6 Å². The molecule has 2 aromatic carbocycles. The fraction of sp³-hybridized carbons (Fsp3) is 0.350. The van der Waals surface area contributed by atoms with Crippen molar-refractivity contribution in [1.82, 2.24) is 9.62 Å². The van der Waals surface area contributed by atoms with Crippen LogP contribution in [-0.2, 0) is 21.2 Å².